The average Bonchev–Trinajstić information content (AvgIpc) is 2.53. The number of hydrogen-bond donors (Lipinski definition) is 2. The molecule has 4 heteroatoms. The summed E-state index contributed by atoms with van der Waals surface area (Å²) in [6.45, 7) is 4.88. The average molecular weight is 239 g/mol. The van der Waals surface area contributed by atoms with E-state index in [4.69, 9.17) is 5.73 Å². The van der Waals surface area contributed by atoms with Crippen LogP contribution in [-0.2, 0) is 0 Å². The van der Waals surface area contributed by atoms with Gasteiger partial charge >= 0.3 is 6.03 Å². The van der Waals surface area contributed by atoms with E-state index in [2.05, 4.69) is 19.2 Å². The number of amides is 2. The summed E-state index contributed by atoms with van der Waals surface area (Å²) in [5, 5.41) is 3.17. The number of nitrogens with one attached hydrogen (secondary N) is 1. The Bertz CT molecular complexity index is 284. The van der Waals surface area contributed by atoms with Crippen LogP contribution in [0.2, 0.25) is 0 Å². The Hall–Kier alpha value is -0.770. The van der Waals surface area contributed by atoms with Crippen molar-refractivity contribution in [3.63, 3.8) is 0 Å². The molecule has 0 aromatic heterocycles. The Kier molecular flexibility index (Phi) is 3.61. The van der Waals surface area contributed by atoms with Gasteiger partial charge in [-0.05, 0) is 33.1 Å². The topological polar surface area (TPSA) is 58.4 Å². The lowest BCUT2D eigenvalue weighted by Crippen LogP contribution is -2.51. The van der Waals surface area contributed by atoms with Crippen molar-refractivity contribution in [1.82, 2.24) is 10.2 Å². The smallest absolute Gasteiger partial charge is 0.318 e. The lowest BCUT2D eigenvalue weighted by molar-refractivity contribution is 0.159. The van der Waals surface area contributed by atoms with Crippen LogP contribution in [0.3, 0.4) is 0 Å². The molecule has 2 fully saturated rings. The first-order valence-electron chi connectivity index (χ1n) is 6.83. The number of carbonyl (C=O) groups excluding carboxylic acids is 1. The zero-order valence-electron chi connectivity index (χ0n) is 11.0. The SMILES string of the molecule is CC1(C)CC(N)CN1C(=O)NC1CCCCC1. The van der Waals surface area contributed by atoms with Gasteiger partial charge in [0, 0.05) is 24.2 Å². The third-order valence-electron chi connectivity index (χ3n) is 4.09. The van der Waals surface area contributed by atoms with E-state index in [1.807, 2.05) is 4.90 Å². The maximum Gasteiger partial charge on any atom is 0.318 e. The molecule has 1 unspecified atom stereocenters. The van der Waals surface area contributed by atoms with E-state index < -0.39 is 0 Å². The Labute approximate surface area is 104 Å². The van der Waals surface area contributed by atoms with Gasteiger partial charge < -0.3 is 16.0 Å². The summed E-state index contributed by atoms with van der Waals surface area (Å²) < 4.78 is 0. The van der Waals surface area contributed by atoms with Crippen LogP contribution in [0.1, 0.15) is 52.4 Å². The molecule has 3 N–H and O–H groups in total. The highest BCUT2D eigenvalue weighted by molar-refractivity contribution is 5.76. The van der Waals surface area contributed by atoms with Crippen molar-refractivity contribution in [2.24, 2.45) is 5.73 Å². The molecule has 1 aliphatic heterocycles. The largest absolute Gasteiger partial charge is 0.335 e. The van der Waals surface area contributed by atoms with Gasteiger partial charge in [0.05, 0.1) is 0 Å². The third kappa shape index (κ3) is 2.92. The number of hydrogen-bond acceptors (Lipinski definition) is 2. The highest BCUT2D eigenvalue weighted by Gasteiger charge is 2.40. The Morgan fingerprint density at radius 2 is 1.94 bits per heavy atom. The summed E-state index contributed by atoms with van der Waals surface area (Å²) in [7, 11) is 0. The molecule has 0 bridgehead atoms. The lowest BCUT2D eigenvalue weighted by atomic mass is 9.95. The van der Waals surface area contributed by atoms with Crippen molar-refractivity contribution in [2.75, 3.05) is 6.54 Å². The van der Waals surface area contributed by atoms with Gasteiger partial charge in [-0.2, -0.15) is 0 Å². The molecule has 0 radical (unpaired) electrons. The zero-order valence-corrected chi connectivity index (χ0v) is 11.0. The lowest BCUT2D eigenvalue weighted by Gasteiger charge is -2.33. The second kappa shape index (κ2) is 4.84. The molecule has 0 aromatic rings. The second-order valence-electron chi connectivity index (χ2n) is 6.17. The second-order valence-corrected chi connectivity index (χ2v) is 6.17. The minimum atomic E-state index is -0.0990. The summed E-state index contributed by atoms with van der Waals surface area (Å²) >= 11 is 0. The molecule has 2 amide bonds. The fourth-order valence-electron chi connectivity index (χ4n) is 3.16. The Morgan fingerprint density at radius 3 is 2.47 bits per heavy atom. The summed E-state index contributed by atoms with van der Waals surface area (Å²) in [5.74, 6) is 0. The van der Waals surface area contributed by atoms with Crippen molar-refractivity contribution in [2.45, 2.75) is 70.0 Å². The first-order valence-corrected chi connectivity index (χ1v) is 6.83. The monoisotopic (exact) mass is 239 g/mol. The number of likely N-dealkylation sites (tertiary alicyclic amines) is 1. The zero-order chi connectivity index (χ0) is 12.5. The van der Waals surface area contributed by atoms with Gasteiger partial charge in [-0.3, -0.25) is 0 Å². The normalized spacial score (nSPS) is 29.4. The predicted molar refractivity (Wildman–Crippen MR) is 68.8 cm³/mol. The van der Waals surface area contributed by atoms with Crippen LogP contribution in [0.15, 0.2) is 0 Å². The van der Waals surface area contributed by atoms with E-state index in [1.165, 1.54) is 19.3 Å². The van der Waals surface area contributed by atoms with E-state index in [1.54, 1.807) is 0 Å². The maximum atomic E-state index is 12.2. The number of carbonyl (C=O) groups is 1. The number of nitrogens with two attached hydrogens (primary N) is 1. The van der Waals surface area contributed by atoms with Crippen molar-refractivity contribution >= 4 is 6.03 Å². The molecule has 98 valence electrons. The van der Waals surface area contributed by atoms with Gasteiger partial charge in [-0.1, -0.05) is 19.3 Å². The van der Waals surface area contributed by atoms with Crippen LogP contribution in [0.25, 0.3) is 0 Å². The maximum absolute atomic E-state index is 12.2. The number of nitrogens with zero attached hydrogens (tertiary/aromatic N) is 1. The molecule has 0 aromatic carbocycles. The molecule has 0 spiro atoms. The van der Waals surface area contributed by atoms with Crippen LogP contribution < -0.4 is 11.1 Å². The third-order valence-corrected chi connectivity index (χ3v) is 4.09. The fourth-order valence-corrected chi connectivity index (χ4v) is 3.16. The molecule has 2 aliphatic rings. The van der Waals surface area contributed by atoms with Crippen molar-refractivity contribution < 1.29 is 4.79 Å². The van der Waals surface area contributed by atoms with Crippen molar-refractivity contribution in [1.29, 1.82) is 0 Å². The number of rotatable bonds is 1. The molecule has 1 saturated carbocycles. The quantitative estimate of drug-likeness (QED) is 0.733. The molecular formula is C13H25N3O. The van der Waals surface area contributed by atoms with Crippen LogP contribution >= 0.6 is 0 Å². The van der Waals surface area contributed by atoms with Gasteiger partial charge in [0.15, 0.2) is 0 Å². The molecule has 17 heavy (non-hydrogen) atoms. The summed E-state index contributed by atoms with van der Waals surface area (Å²) in [6.07, 6.45) is 6.96. The molecule has 1 saturated heterocycles. The van der Waals surface area contributed by atoms with E-state index in [0.29, 0.717) is 12.6 Å². The first-order chi connectivity index (χ1) is 7.99. The van der Waals surface area contributed by atoms with Gasteiger partial charge in [0.2, 0.25) is 0 Å². The van der Waals surface area contributed by atoms with E-state index in [9.17, 15) is 4.79 Å². The van der Waals surface area contributed by atoms with E-state index in [0.717, 1.165) is 19.3 Å². The van der Waals surface area contributed by atoms with Gasteiger partial charge in [-0.25, -0.2) is 4.79 Å². The summed E-state index contributed by atoms with van der Waals surface area (Å²) in [6, 6.07) is 0.584. The molecule has 1 aliphatic carbocycles. The highest BCUT2D eigenvalue weighted by atomic mass is 16.2. The van der Waals surface area contributed by atoms with Crippen LogP contribution in [0, 0.1) is 0 Å². The van der Waals surface area contributed by atoms with Gasteiger partial charge in [-0.15, -0.1) is 0 Å². The van der Waals surface area contributed by atoms with E-state index in [-0.39, 0.29) is 17.6 Å². The minimum Gasteiger partial charge on any atom is -0.335 e. The Balaban J connectivity index is 1.91. The van der Waals surface area contributed by atoms with Gasteiger partial charge in [0.25, 0.3) is 0 Å². The molecule has 4 nitrogen and oxygen atoms in total. The molecule has 2 rings (SSSR count). The van der Waals surface area contributed by atoms with Crippen LogP contribution in [0.4, 0.5) is 4.79 Å². The van der Waals surface area contributed by atoms with Gasteiger partial charge in [0.1, 0.15) is 0 Å². The molecular weight excluding hydrogens is 214 g/mol. The summed E-state index contributed by atoms with van der Waals surface area (Å²) in [5.41, 5.74) is 5.85. The van der Waals surface area contributed by atoms with Crippen LogP contribution in [-0.4, -0.2) is 35.1 Å². The summed E-state index contributed by atoms with van der Waals surface area (Å²) in [4.78, 5) is 14.1. The number of urea groups is 1. The minimum absolute atomic E-state index is 0.0786. The van der Waals surface area contributed by atoms with Crippen molar-refractivity contribution in [3.05, 3.63) is 0 Å². The van der Waals surface area contributed by atoms with Crippen LogP contribution in [0.5, 0.6) is 0 Å². The standard InChI is InChI=1S/C13H25N3O/c1-13(2)8-10(14)9-16(13)12(17)15-11-6-4-3-5-7-11/h10-11H,3-9,14H2,1-2H3,(H,15,17). The first kappa shape index (κ1) is 12.7. The van der Waals surface area contributed by atoms with Crippen molar-refractivity contribution in [3.8, 4) is 0 Å². The molecule has 1 atom stereocenters. The fraction of sp³-hybridized carbons (Fsp3) is 0.923. The Morgan fingerprint density at radius 1 is 1.29 bits per heavy atom. The molecule has 1 heterocycles. The predicted octanol–water partition coefficient (Wildman–Crippen LogP) is 1.84. The highest BCUT2D eigenvalue weighted by Crippen LogP contribution is 2.28. The van der Waals surface area contributed by atoms with E-state index >= 15 is 0 Å².